The molecule has 2 amide bonds. The maximum Gasteiger partial charge on any atom is 0.258 e. The molecule has 1 aliphatic carbocycles. The van der Waals surface area contributed by atoms with Gasteiger partial charge in [0.25, 0.3) is 11.8 Å². The second-order valence-corrected chi connectivity index (χ2v) is 5.79. The Morgan fingerprint density at radius 1 is 1.00 bits per heavy atom. The fourth-order valence-electron chi connectivity index (χ4n) is 2.29. The number of carbonyl (C=O) groups excluding carboxylic acids is 2. The van der Waals surface area contributed by atoms with Gasteiger partial charge in [0.15, 0.2) is 6.61 Å². The molecule has 5 heteroatoms. The van der Waals surface area contributed by atoms with Crippen molar-refractivity contribution < 1.29 is 14.3 Å². The van der Waals surface area contributed by atoms with Crippen molar-refractivity contribution in [2.45, 2.75) is 25.4 Å². The van der Waals surface area contributed by atoms with E-state index in [0.717, 1.165) is 18.4 Å². The normalized spacial score (nSPS) is 13.2. The van der Waals surface area contributed by atoms with Gasteiger partial charge in [-0.15, -0.1) is 0 Å². The molecule has 0 atom stereocenters. The Labute approximate surface area is 141 Å². The van der Waals surface area contributed by atoms with Crippen molar-refractivity contribution in [2.24, 2.45) is 0 Å². The first-order valence-electron chi connectivity index (χ1n) is 8.05. The Morgan fingerprint density at radius 3 is 2.46 bits per heavy atom. The molecule has 2 aromatic rings. The van der Waals surface area contributed by atoms with E-state index in [9.17, 15) is 9.59 Å². The number of amides is 2. The summed E-state index contributed by atoms with van der Waals surface area (Å²) < 4.78 is 5.53. The summed E-state index contributed by atoms with van der Waals surface area (Å²) in [6.45, 7) is 0.357. The maximum atomic E-state index is 12.4. The first-order valence-corrected chi connectivity index (χ1v) is 8.05. The van der Waals surface area contributed by atoms with E-state index in [-0.39, 0.29) is 18.4 Å². The molecule has 1 fully saturated rings. The first-order chi connectivity index (χ1) is 11.7. The monoisotopic (exact) mass is 324 g/mol. The van der Waals surface area contributed by atoms with Crippen LogP contribution in [0.1, 0.15) is 28.8 Å². The molecule has 1 aliphatic rings. The average molecular weight is 324 g/mol. The highest BCUT2D eigenvalue weighted by Crippen LogP contribution is 2.20. The Balaban J connectivity index is 1.57. The van der Waals surface area contributed by atoms with Gasteiger partial charge in [-0.05, 0) is 30.5 Å². The Hall–Kier alpha value is -2.82. The van der Waals surface area contributed by atoms with Crippen LogP contribution in [0.2, 0.25) is 0 Å². The molecule has 0 saturated heterocycles. The molecule has 0 spiro atoms. The van der Waals surface area contributed by atoms with Gasteiger partial charge < -0.3 is 15.4 Å². The van der Waals surface area contributed by atoms with Crippen molar-refractivity contribution in [3.63, 3.8) is 0 Å². The summed E-state index contributed by atoms with van der Waals surface area (Å²) in [5.74, 6) is 0.0306. The molecule has 0 radical (unpaired) electrons. The zero-order valence-electron chi connectivity index (χ0n) is 13.3. The highest BCUT2D eigenvalue weighted by atomic mass is 16.5. The molecule has 24 heavy (non-hydrogen) atoms. The van der Waals surface area contributed by atoms with E-state index in [2.05, 4.69) is 10.6 Å². The molecule has 3 rings (SSSR count). The standard InChI is InChI=1S/C19H20N2O3/c22-18(21-15-10-11-15)13-24-17-9-5-4-8-16(17)19(23)20-12-14-6-2-1-3-7-14/h1-9,15H,10-13H2,(H,20,23)(H,21,22). The van der Waals surface area contributed by atoms with Gasteiger partial charge in [0.2, 0.25) is 0 Å². The molecule has 0 aliphatic heterocycles. The van der Waals surface area contributed by atoms with E-state index in [0.29, 0.717) is 23.9 Å². The van der Waals surface area contributed by atoms with Crippen molar-refractivity contribution in [3.05, 3.63) is 65.7 Å². The summed E-state index contributed by atoms with van der Waals surface area (Å²) in [5.41, 5.74) is 1.45. The number of hydrogen-bond acceptors (Lipinski definition) is 3. The highest BCUT2D eigenvalue weighted by molar-refractivity contribution is 5.97. The minimum Gasteiger partial charge on any atom is -0.483 e. The molecule has 2 aromatic carbocycles. The lowest BCUT2D eigenvalue weighted by Gasteiger charge is -2.12. The van der Waals surface area contributed by atoms with Crippen LogP contribution in [0, 0.1) is 0 Å². The van der Waals surface area contributed by atoms with Crippen LogP contribution < -0.4 is 15.4 Å². The third kappa shape index (κ3) is 4.59. The van der Waals surface area contributed by atoms with Gasteiger partial charge in [-0.3, -0.25) is 9.59 Å². The molecule has 5 nitrogen and oxygen atoms in total. The molecule has 0 aromatic heterocycles. The third-order valence-electron chi connectivity index (χ3n) is 3.73. The van der Waals surface area contributed by atoms with Crippen LogP contribution in [0.5, 0.6) is 5.75 Å². The number of benzene rings is 2. The molecular formula is C19H20N2O3. The van der Waals surface area contributed by atoms with E-state index in [1.54, 1.807) is 24.3 Å². The number of carbonyl (C=O) groups is 2. The first kappa shape index (κ1) is 16.1. The lowest BCUT2D eigenvalue weighted by atomic mass is 10.1. The lowest BCUT2D eigenvalue weighted by Crippen LogP contribution is -2.31. The third-order valence-corrected chi connectivity index (χ3v) is 3.73. The Kier molecular flexibility index (Phi) is 5.11. The zero-order valence-corrected chi connectivity index (χ0v) is 13.3. The Bertz CT molecular complexity index is 712. The SMILES string of the molecule is O=C(COc1ccccc1C(=O)NCc1ccccc1)NC1CC1. The van der Waals surface area contributed by atoms with Crippen LogP contribution in [0.25, 0.3) is 0 Å². The maximum absolute atomic E-state index is 12.4. The quantitative estimate of drug-likeness (QED) is 0.821. The number of rotatable bonds is 7. The van der Waals surface area contributed by atoms with Crippen LogP contribution in [-0.2, 0) is 11.3 Å². The van der Waals surface area contributed by atoms with E-state index in [1.807, 2.05) is 30.3 Å². The minimum absolute atomic E-state index is 0.0839. The average Bonchev–Trinajstić information content (AvgIpc) is 3.43. The second-order valence-electron chi connectivity index (χ2n) is 5.79. The number of hydrogen-bond donors (Lipinski definition) is 2. The summed E-state index contributed by atoms with van der Waals surface area (Å²) >= 11 is 0. The van der Waals surface area contributed by atoms with Crippen molar-refractivity contribution in [1.82, 2.24) is 10.6 Å². The van der Waals surface area contributed by atoms with Crippen molar-refractivity contribution in [2.75, 3.05) is 6.61 Å². The summed E-state index contributed by atoms with van der Waals surface area (Å²) in [6.07, 6.45) is 2.06. The van der Waals surface area contributed by atoms with Gasteiger partial charge in [-0.2, -0.15) is 0 Å². The van der Waals surface area contributed by atoms with Crippen LogP contribution in [-0.4, -0.2) is 24.5 Å². The Morgan fingerprint density at radius 2 is 1.71 bits per heavy atom. The van der Waals surface area contributed by atoms with Crippen LogP contribution in [0.3, 0.4) is 0 Å². The fourth-order valence-corrected chi connectivity index (χ4v) is 2.29. The summed E-state index contributed by atoms with van der Waals surface area (Å²) in [6, 6.07) is 16.9. The van der Waals surface area contributed by atoms with E-state index in [1.165, 1.54) is 0 Å². The molecule has 0 heterocycles. The van der Waals surface area contributed by atoms with E-state index in [4.69, 9.17) is 4.74 Å². The molecule has 124 valence electrons. The highest BCUT2D eigenvalue weighted by Gasteiger charge is 2.23. The predicted molar refractivity (Wildman–Crippen MR) is 90.7 cm³/mol. The summed E-state index contributed by atoms with van der Waals surface area (Å²) in [4.78, 5) is 24.1. The predicted octanol–water partition coefficient (Wildman–Crippen LogP) is 2.27. The lowest BCUT2D eigenvalue weighted by molar-refractivity contribution is -0.123. The van der Waals surface area contributed by atoms with Crippen LogP contribution in [0.4, 0.5) is 0 Å². The van der Waals surface area contributed by atoms with E-state index >= 15 is 0 Å². The van der Waals surface area contributed by atoms with Crippen molar-refractivity contribution >= 4 is 11.8 Å². The number of para-hydroxylation sites is 1. The smallest absolute Gasteiger partial charge is 0.258 e. The fraction of sp³-hybridized carbons (Fsp3) is 0.263. The van der Waals surface area contributed by atoms with Crippen molar-refractivity contribution in [1.29, 1.82) is 0 Å². The largest absolute Gasteiger partial charge is 0.483 e. The zero-order chi connectivity index (χ0) is 16.8. The molecule has 0 unspecified atom stereocenters. The van der Waals surface area contributed by atoms with Gasteiger partial charge in [0, 0.05) is 12.6 Å². The molecule has 0 bridgehead atoms. The van der Waals surface area contributed by atoms with Gasteiger partial charge >= 0.3 is 0 Å². The van der Waals surface area contributed by atoms with Crippen molar-refractivity contribution in [3.8, 4) is 5.75 Å². The van der Waals surface area contributed by atoms with Gasteiger partial charge in [0.05, 0.1) is 5.56 Å². The van der Waals surface area contributed by atoms with Crippen LogP contribution in [0.15, 0.2) is 54.6 Å². The van der Waals surface area contributed by atoms with E-state index < -0.39 is 0 Å². The van der Waals surface area contributed by atoms with Crippen LogP contribution >= 0.6 is 0 Å². The summed E-state index contributed by atoms with van der Waals surface area (Å²) in [5, 5.41) is 5.72. The topological polar surface area (TPSA) is 67.4 Å². The summed E-state index contributed by atoms with van der Waals surface area (Å²) in [7, 11) is 0. The number of ether oxygens (including phenoxy) is 1. The van der Waals surface area contributed by atoms with Gasteiger partial charge in [-0.25, -0.2) is 0 Å². The molecule has 2 N–H and O–H groups in total. The van der Waals surface area contributed by atoms with Gasteiger partial charge in [0.1, 0.15) is 5.75 Å². The second kappa shape index (κ2) is 7.64. The number of nitrogens with one attached hydrogen (secondary N) is 2. The molecular weight excluding hydrogens is 304 g/mol. The molecule has 1 saturated carbocycles. The minimum atomic E-state index is -0.225. The van der Waals surface area contributed by atoms with Gasteiger partial charge in [-0.1, -0.05) is 42.5 Å².